The minimum atomic E-state index is -4.76. The van der Waals surface area contributed by atoms with Crippen LogP contribution in [0.2, 0.25) is 0 Å². The zero-order valence-electron chi connectivity index (χ0n) is 34.3. The van der Waals surface area contributed by atoms with Gasteiger partial charge in [0, 0.05) is 12.8 Å². The topological polar surface area (TPSA) is 132 Å². The number of hydrogen-bond acceptors (Lipinski definition) is 7. The van der Waals surface area contributed by atoms with Crippen molar-refractivity contribution >= 4 is 19.8 Å². The lowest BCUT2D eigenvalue weighted by Gasteiger charge is -2.18. The first-order chi connectivity index (χ1) is 25.6. The highest BCUT2D eigenvalue weighted by Crippen LogP contribution is 2.36. The summed E-state index contributed by atoms with van der Waals surface area (Å²) >= 11 is 0. The van der Waals surface area contributed by atoms with E-state index in [1.807, 2.05) is 0 Å². The van der Waals surface area contributed by atoms with Crippen LogP contribution in [0, 0.1) is 5.92 Å². The Balaban J connectivity index is 2.02. The van der Waals surface area contributed by atoms with E-state index in [4.69, 9.17) is 24.0 Å². The summed E-state index contributed by atoms with van der Waals surface area (Å²) in [7, 11) is -4.76. The van der Waals surface area contributed by atoms with Crippen LogP contribution in [0.5, 0.6) is 0 Å². The predicted octanol–water partition coefficient (Wildman–Crippen LogP) is 12.3. The normalized spacial score (nSPS) is 16.4. The van der Waals surface area contributed by atoms with Gasteiger partial charge in [0.05, 0.1) is 18.8 Å². The quantitative estimate of drug-likeness (QED) is 0.0206. The van der Waals surface area contributed by atoms with Crippen molar-refractivity contribution in [2.75, 3.05) is 13.2 Å². The van der Waals surface area contributed by atoms with Gasteiger partial charge in [-0.3, -0.25) is 14.1 Å². The Labute approximate surface area is 324 Å². The fraction of sp³-hybridized carbons (Fsp3) is 0.907. The van der Waals surface area contributed by atoms with Crippen LogP contribution in [0.3, 0.4) is 0 Å². The lowest BCUT2D eigenvalue weighted by Crippen LogP contribution is -2.29. The number of hydrogen-bond donors (Lipinski definition) is 2. The van der Waals surface area contributed by atoms with Gasteiger partial charge in [0.25, 0.3) is 0 Å². The second-order valence-electron chi connectivity index (χ2n) is 15.9. The van der Waals surface area contributed by atoms with E-state index in [0.29, 0.717) is 18.6 Å². The molecule has 1 aliphatic rings. The van der Waals surface area contributed by atoms with E-state index in [1.54, 1.807) is 0 Å². The molecular weight excluding hydrogens is 691 g/mol. The molecule has 1 heterocycles. The first-order valence-electron chi connectivity index (χ1n) is 22.0. The largest absolute Gasteiger partial charge is 0.469 e. The summed E-state index contributed by atoms with van der Waals surface area (Å²) in [4.78, 5) is 42.9. The van der Waals surface area contributed by atoms with Crippen molar-refractivity contribution in [1.29, 1.82) is 0 Å². The molecule has 0 bridgehead atoms. The number of epoxide rings is 1. The van der Waals surface area contributed by atoms with Crippen LogP contribution < -0.4 is 0 Å². The molecular formula is C43H81O9P. The average molecular weight is 773 g/mol. The SMILES string of the molecule is CCCCCC1OC1C/C=C\CCCCCCCC(=O)O[C@H](COC(=O)CCCCCCCCCCCCCCCCCCC(C)C)COP(=O)(O)O. The molecule has 0 aromatic carbocycles. The number of allylic oxidation sites excluding steroid dienone is 1. The second-order valence-corrected chi connectivity index (χ2v) is 17.1. The molecule has 10 heteroatoms. The predicted molar refractivity (Wildman–Crippen MR) is 216 cm³/mol. The van der Waals surface area contributed by atoms with Gasteiger partial charge in [0.1, 0.15) is 6.61 Å². The molecule has 0 amide bonds. The summed E-state index contributed by atoms with van der Waals surface area (Å²) in [6.45, 7) is 6.01. The fourth-order valence-electron chi connectivity index (χ4n) is 6.74. The highest BCUT2D eigenvalue weighted by Gasteiger charge is 2.36. The smallest absolute Gasteiger partial charge is 0.462 e. The standard InChI is InChI=1S/C43H81O9P/c1-4-5-26-32-40-41(52-40)33-28-23-19-16-17-21-25-30-35-43(45)51-39(37-50-53(46,47)48)36-49-42(44)34-29-24-20-15-13-11-9-7-6-8-10-12-14-18-22-27-31-38(2)3/h23,28,38-41H,4-22,24-27,29-37H2,1-3H3,(H2,46,47,48)/b28-23-/t39-,40?,41?/m1/s1. The van der Waals surface area contributed by atoms with E-state index in [-0.39, 0.29) is 19.4 Å². The summed E-state index contributed by atoms with van der Waals surface area (Å²) in [6, 6.07) is 0. The Morgan fingerprint density at radius 2 is 1.15 bits per heavy atom. The summed E-state index contributed by atoms with van der Waals surface area (Å²) in [5.41, 5.74) is 0. The highest BCUT2D eigenvalue weighted by atomic mass is 31.2. The van der Waals surface area contributed by atoms with Crippen LogP contribution >= 0.6 is 7.82 Å². The van der Waals surface area contributed by atoms with Crippen LogP contribution in [0.1, 0.15) is 213 Å². The lowest BCUT2D eigenvalue weighted by atomic mass is 10.0. The molecule has 1 fully saturated rings. The summed E-state index contributed by atoms with van der Waals surface area (Å²) < 4.78 is 32.2. The molecule has 0 radical (unpaired) electrons. The van der Waals surface area contributed by atoms with Gasteiger partial charge < -0.3 is 24.0 Å². The molecule has 2 unspecified atom stereocenters. The van der Waals surface area contributed by atoms with Crippen molar-refractivity contribution in [3.05, 3.63) is 12.2 Å². The van der Waals surface area contributed by atoms with E-state index < -0.39 is 32.5 Å². The molecule has 0 aromatic heterocycles. The number of carbonyl (C=O) groups excluding carboxylic acids is 2. The molecule has 312 valence electrons. The van der Waals surface area contributed by atoms with Crippen LogP contribution in [-0.4, -0.2) is 53.3 Å². The first kappa shape index (κ1) is 49.8. The third-order valence-electron chi connectivity index (χ3n) is 10.1. The van der Waals surface area contributed by atoms with Gasteiger partial charge >= 0.3 is 19.8 Å². The maximum Gasteiger partial charge on any atom is 0.469 e. The number of phosphoric ester groups is 1. The third kappa shape index (κ3) is 34.9. The molecule has 0 saturated carbocycles. The van der Waals surface area contributed by atoms with Crippen LogP contribution in [-0.2, 0) is 32.9 Å². The zero-order valence-corrected chi connectivity index (χ0v) is 35.2. The Morgan fingerprint density at radius 1 is 0.642 bits per heavy atom. The molecule has 1 rings (SSSR count). The van der Waals surface area contributed by atoms with Crippen LogP contribution in [0.25, 0.3) is 0 Å². The van der Waals surface area contributed by atoms with Gasteiger partial charge in [-0.25, -0.2) is 4.57 Å². The molecule has 0 aromatic rings. The van der Waals surface area contributed by atoms with Crippen LogP contribution in [0.15, 0.2) is 12.2 Å². The molecule has 1 aliphatic heterocycles. The van der Waals surface area contributed by atoms with Crippen molar-refractivity contribution in [2.24, 2.45) is 5.92 Å². The average Bonchev–Trinajstić information content (AvgIpc) is 3.87. The van der Waals surface area contributed by atoms with Crippen molar-refractivity contribution in [2.45, 2.75) is 232 Å². The summed E-state index contributed by atoms with van der Waals surface area (Å²) in [5, 5.41) is 0. The lowest BCUT2D eigenvalue weighted by molar-refractivity contribution is -0.161. The Morgan fingerprint density at radius 3 is 1.68 bits per heavy atom. The maximum absolute atomic E-state index is 12.4. The minimum absolute atomic E-state index is 0.194. The Kier molecular flexibility index (Phi) is 32.0. The van der Waals surface area contributed by atoms with E-state index >= 15 is 0 Å². The zero-order chi connectivity index (χ0) is 38.8. The van der Waals surface area contributed by atoms with Gasteiger partial charge in [0.2, 0.25) is 0 Å². The summed E-state index contributed by atoms with van der Waals surface area (Å²) in [5.74, 6) is -0.0551. The van der Waals surface area contributed by atoms with Crippen LogP contribution in [0.4, 0.5) is 0 Å². The number of esters is 2. The van der Waals surface area contributed by atoms with E-state index in [2.05, 4.69) is 37.4 Å². The number of phosphoric acid groups is 1. The van der Waals surface area contributed by atoms with E-state index in [9.17, 15) is 14.2 Å². The first-order valence-corrected chi connectivity index (χ1v) is 23.5. The molecule has 3 atom stereocenters. The highest BCUT2D eigenvalue weighted by molar-refractivity contribution is 7.46. The molecule has 1 saturated heterocycles. The third-order valence-corrected chi connectivity index (χ3v) is 10.6. The second kappa shape index (κ2) is 34.0. The molecule has 53 heavy (non-hydrogen) atoms. The van der Waals surface area contributed by atoms with Gasteiger partial charge in [-0.05, 0) is 44.4 Å². The number of rotatable bonds is 39. The fourth-order valence-corrected chi connectivity index (χ4v) is 7.10. The number of unbranched alkanes of at least 4 members (excludes halogenated alkanes) is 22. The number of carbonyl (C=O) groups is 2. The Bertz CT molecular complexity index is 950. The van der Waals surface area contributed by atoms with Crippen molar-refractivity contribution in [3.63, 3.8) is 0 Å². The van der Waals surface area contributed by atoms with Gasteiger partial charge in [-0.15, -0.1) is 0 Å². The molecule has 0 spiro atoms. The number of ether oxygens (including phenoxy) is 3. The molecule has 0 aliphatic carbocycles. The maximum atomic E-state index is 12.4. The monoisotopic (exact) mass is 773 g/mol. The van der Waals surface area contributed by atoms with Gasteiger partial charge in [-0.2, -0.15) is 0 Å². The van der Waals surface area contributed by atoms with Gasteiger partial charge in [-0.1, -0.05) is 174 Å². The Hall–Kier alpha value is -1.25. The van der Waals surface area contributed by atoms with E-state index in [1.165, 1.54) is 116 Å². The van der Waals surface area contributed by atoms with Crippen molar-refractivity contribution < 1.29 is 42.7 Å². The van der Waals surface area contributed by atoms with Gasteiger partial charge in [0.15, 0.2) is 6.10 Å². The van der Waals surface area contributed by atoms with Crippen molar-refractivity contribution in [3.8, 4) is 0 Å². The summed E-state index contributed by atoms with van der Waals surface area (Å²) in [6.07, 6.45) is 38.2. The van der Waals surface area contributed by atoms with E-state index in [0.717, 1.165) is 63.7 Å². The minimum Gasteiger partial charge on any atom is -0.462 e. The van der Waals surface area contributed by atoms with Crippen molar-refractivity contribution in [1.82, 2.24) is 0 Å². The molecule has 9 nitrogen and oxygen atoms in total. The molecule has 2 N–H and O–H groups in total.